The standard InChI is InChI=1S/C19H26N2O2S/c22-18(8-15-4-1-2-5-15)21-13-19(14-21)9-17(12-24-19)23-11-16-6-3-7-20-10-16/h3,6-7,10,15,17H,1-2,4-5,8-9,11-14H2. The molecule has 0 radical (unpaired) electrons. The van der Waals surface area contributed by atoms with Crippen LogP contribution in [0.1, 0.15) is 44.1 Å². The van der Waals surface area contributed by atoms with Gasteiger partial charge < -0.3 is 9.64 Å². The summed E-state index contributed by atoms with van der Waals surface area (Å²) < 4.78 is 6.33. The fourth-order valence-electron chi connectivity index (χ4n) is 4.24. The van der Waals surface area contributed by atoms with E-state index in [9.17, 15) is 4.79 Å². The molecule has 2 aliphatic heterocycles. The van der Waals surface area contributed by atoms with Crippen LogP contribution in [-0.4, -0.2) is 45.5 Å². The third kappa shape index (κ3) is 3.62. The Bertz CT molecular complexity index is 568. The van der Waals surface area contributed by atoms with Crippen molar-refractivity contribution >= 4 is 17.7 Å². The summed E-state index contributed by atoms with van der Waals surface area (Å²) >= 11 is 2.00. The summed E-state index contributed by atoms with van der Waals surface area (Å²) in [6, 6.07) is 4.00. The third-order valence-corrected chi connectivity index (χ3v) is 7.21. The first-order valence-electron chi connectivity index (χ1n) is 9.15. The van der Waals surface area contributed by atoms with Gasteiger partial charge in [-0.15, -0.1) is 11.8 Å². The lowest BCUT2D eigenvalue weighted by Gasteiger charge is -2.47. The summed E-state index contributed by atoms with van der Waals surface area (Å²) in [6.45, 7) is 2.49. The molecular formula is C19H26N2O2S. The Balaban J connectivity index is 1.20. The average Bonchev–Trinajstić information content (AvgIpc) is 3.22. The van der Waals surface area contributed by atoms with Crippen molar-refractivity contribution in [3.8, 4) is 0 Å². The van der Waals surface area contributed by atoms with E-state index in [-0.39, 0.29) is 4.75 Å². The average molecular weight is 346 g/mol. The molecule has 1 amide bonds. The molecule has 1 aromatic rings. The van der Waals surface area contributed by atoms with Crippen molar-refractivity contribution in [2.45, 2.75) is 56.0 Å². The highest BCUT2D eigenvalue weighted by atomic mass is 32.2. The van der Waals surface area contributed by atoms with Gasteiger partial charge in [0.25, 0.3) is 0 Å². The van der Waals surface area contributed by atoms with Crippen LogP contribution < -0.4 is 0 Å². The first-order chi connectivity index (χ1) is 11.7. The molecule has 1 aliphatic carbocycles. The Morgan fingerprint density at radius 2 is 2.21 bits per heavy atom. The zero-order valence-electron chi connectivity index (χ0n) is 14.2. The highest BCUT2D eigenvalue weighted by Crippen LogP contribution is 2.46. The topological polar surface area (TPSA) is 42.4 Å². The lowest BCUT2D eigenvalue weighted by atomic mass is 9.91. The molecule has 3 heterocycles. The number of ether oxygens (including phenoxy) is 1. The minimum Gasteiger partial charge on any atom is -0.373 e. The van der Waals surface area contributed by atoms with Crippen LogP contribution in [0.2, 0.25) is 0 Å². The van der Waals surface area contributed by atoms with E-state index in [1.165, 1.54) is 25.7 Å². The van der Waals surface area contributed by atoms with Crippen molar-refractivity contribution < 1.29 is 9.53 Å². The number of amides is 1. The molecule has 2 saturated heterocycles. The SMILES string of the molecule is O=C(CC1CCCC1)N1CC2(CC(OCc3cccnc3)CS2)C1. The van der Waals surface area contributed by atoms with E-state index in [4.69, 9.17) is 4.74 Å². The molecule has 0 bridgehead atoms. The minimum atomic E-state index is 0.269. The summed E-state index contributed by atoms with van der Waals surface area (Å²) in [4.78, 5) is 18.6. The van der Waals surface area contributed by atoms with Gasteiger partial charge in [-0.2, -0.15) is 0 Å². The van der Waals surface area contributed by atoms with Crippen LogP contribution in [-0.2, 0) is 16.1 Å². The van der Waals surface area contributed by atoms with Crippen LogP contribution in [0.3, 0.4) is 0 Å². The summed E-state index contributed by atoms with van der Waals surface area (Å²) in [7, 11) is 0. The summed E-state index contributed by atoms with van der Waals surface area (Å²) in [5.41, 5.74) is 1.13. The maximum absolute atomic E-state index is 12.4. The van der Waals surface area contributed by atoms with Gasteiger partial charge in [0.1, 0.15) is 0 Å². The van der Waals surface area contributed by atoms with E-state index < -0.39 is 0 Å². The van der Waals surface area contributed by atoms with Crippen LogP contribution >= 0.6 is 11.8 Å². The fourth-order valence-corrected chi connectivity index (χ4v) is 5.80. The van der Waals surface area contributed by atoms with Gasteiger partial charge >= 0.3 is 0 Å². The molecule has 1 spiro atoms. The second kappa shape index (κ2) is 7.04. The Morgan fingerprint density at radius 1 is 1.38 bits per heavy atom. The number of hydrogen-bond acceptors (Lipinski definition) is 4. The van der Waals surface area contributed by atoms with Gasteiger partial charge in [0.15, 0.2) is 0 Å². The Labute approximate surface area is 148 Å². The number of carbonyl (C=O) groups excluding carboxylic acids is 1. The molecule has 24 heavy (non-hydrogen) atoms. The normalized spacial score (nSPS) is 26.0. The van der Waals surface area contributed by atoms with Crippen LogP contribution in [0.25, 0.3) is 0 Å². The highest BCUT2D eigenvalue weighted by Gasteiger charge is 2.50. The van der Waals surface area contributed by atoms with Gasteiger partial charge in [-0.05, 0) is 36.8 Å². The number of hydrogen-bond donors (Lipinski definition) is 0. The van der Waals surface area contributed by atoms with Crippen molar-refractivity contribution in [2.24, 2.45) is 5.92 Å². The van der Waals surface area contributed by atoms with Gasteiger partial charge in [0.2, 0.25) is 5.91 Å². The van der Waals surface area contributed by atoms with Gasteiger partial charge in [-0.3, -0.25) is 9.78 Å². The Hall–Kier alpha value is -1.07. The van der Waals surface area contributed by atoms with Gasteiger partial charge in [-0.1, -0.05) is 18.9 Å². The van der Waals surface area contributed by atoms with Crippen LogP contribution in [0.5, 0.6) is 0 Å². The molecule has 1 aromatic heterocycles. The van der Waals surface area contributed by atoms with Crippen molar-refractivity contribution in [1.29, 1.82) is 0 Å². The zero-order chi connectivity index (χ0) is 16.4. The molecular weight excluding hydrogens is 320 g/mol. The number of pyridine rings is 1. The van der Waals surface area contributed by atoms with E-state index in [0.29, 0.717) is 24.5 Å². The Kier molecular flexibility index (Phi) is 4.81. The predicted octanol–water partition coefficient (Wildman–Crippen LogP) is 3.27. The summed E-state index contributed by atoms with van der Waals surface area (Å²) in [5, 5.41) is 0. The van der Waals surface area contributed by atoms with E-state index >= 15 is 0 Å². The van der Waals surface area contributed by atoms with Crippen molar-refractivity contribution in [3.63, 3.8) is 0 Å². The number of rotatable bonds is 5. The van der Waals surface area contributed by atoms with Crippen molar-refractivity contribution in [1.82, 2.24) is 9.88 Å². The number of carbonyl (C=O) groups is 1. The van der Waals surface area contributed by atoms with Gasteiger partial charge in [-0.25, -0.2) is 0 Å². The highest BCUT2D eigenvalue weighted by molar-refractivity contribution is 8.01. The van der Waals surface area contributed by atoms with E-state index in [1.54, 1.807) is 6.20 Å². The lowest BCUT2D eigenvalue weighted by molar-refractivity contribution is -0.137. The molecule has 4 nitrogen and oxygen atoms in total. The molecule has 1 atom stereocenters. The quantitative estimate of drug-likeness (QED) is 0.821. The number of likely N-dealkylation sites (tertiary alicyclic amines) is 1. The van der Waals surface area contributed by atoms with Crippen LogP contribution in [0.15, 0.2) is 24.5 Å². The third-order valence-electron chi connectivity index (χ3n) is 5.63. The maximum atomic E-state index is 12.4. The number of thioether (sulfide) groups is 1. The molecule has 5 heteroatoms. The minimum absolute atomic E-state index is 0.269. The molecule has 1 unspecified atom stereocenters. The second-order valence-corrected chi connectivity index (χ2v) is 9.08. The summed E-state index contributed by atoms with van der Waals surface area (Å²) in [5.74, 6) is 2.08. The molecule has 0 aromatic carbocycles. The second-order valence-electron chi connectivity index (χ2n) is 7.60. The van der Waals surface area contributed by atoms with E-state index in [1.807, 2.05) is 24.0 Å². The maximum Gasteiger partial charge on any atom is 0.222 e. The lowest BCUT2D eigenvalue weighted by Crippen LogP contribution is -2.60. The fraction of sp³-hybridized carbons (Fsp3) is 0.684. The van der Waals surface area contributed by atoms with Crippen molar-refractivity contribution in [3.05, 3.63) is 30.1 Å². The first kappa shape index (κ1) is 16.4. The van der Waals surface area contributed by atoms with Gasteiger partial charge in [0, 0.05) is 37.7 Å². The van der Waals surface area contributed by atoms with Crippen LogP contribution in [0.4, 0.5) is 0 Å². The summed E-state index contributed by atoms with van der Waals surface area (Å²) in [6.07, 6.45) is 10.9. The van der Waals surface area contributed by atoms with Crippen LogP contribution in [0, 0.1) is 5.92 Å². The van der Waals surface area contributed by atoms with E-state index in [2.05, 4.69) is 16.0 Å². The number of aromatic nitrogens is 1. The smallest absolute Gasteiger partial charge is 0.222 e. The van der Waals surface area contributed by atoms with Crippen molar-refractivity contribution in [2.75, 3.05) is 18.8 Å². The molecule has 3 fully saturated rings. The first-order valence-corrected chi connectivity index (χ1v) is 10.1. The molecule has 0 N–H and O–H groups in total. The zero-order valence-corrected chi connectivity index (χ0v) is 15.0. The van der Waals surface area contributed by atoms with Gasteiger partial charge in [0.05, 0.1) is 17.5 Å². The largest absolute Gasteiger partial charge is 0.373 e. The molecule has 1 saturated carbocycles. The van der Waals surface area contributed by atoms with E-state index in [0.717, 1.165) is 37.2 Å². The predicted molar refractivity (Wildman–Crippen MR) is 95.8 cm³/mol. The Morgan fingerprint density at radius 3 is 2.96 bits per heavy atom. The molecule has 4 rings (SSSR count). The molecule has 130 valence electrons. The number of nitrogens with zero attached hydrogens (tertiary/aromatic N) is 2. The molecule has 3 aliphatic rings. The monoisotopic (exact) mass is 346 g/mol.